The summed E-state index contributed by atoms with van der Waals surface area (Å²) in [6.45, 7) is 1.61. The van der Waals surface area contributed by atoms with E-state index in [-0.39, 0.29) is 28.5 Å². The standard InChI is InChI=1S/C23H24ClN3O6S/c1-15(27(34(3,30)31)16-10-11-21(32-2)19(24)13-16)22(28)26-20-9-5-4-8-18(20)23(29)25-14-17-7-6-12-33-17/h4-13,15H,14H2,1-3H3,(H,25,29)(H,26,28)/t15-/m1/s1. The third kappa shape index (κ3) is 5.89. The van der Waals surface area contributed by atoms with Crippen molar-refractivity contribution in [2.75, 3.05) is 23.0 Å². The van der Waals surface area contributed by atoms with Crippen molar-refractivity contribution in [1.29, 1.82) is 0 Å². The van der Waals surface area contributed by atoms with E-state index in [0.717, 1.165) is 10.6 Å². The first-order valence-corrected chi connectivity index (χ1v) is 12.4. The van der Waals surface area contributed by atoms with Crippen LogP contribution in [0.15, 0.2) is 65.3 Å². The number of ether oxygens (including phenoxy) is 1. The van der Waals surface area contributed by atoms with Gasteiger partial charge in [0.15, 0.2) is 0 Å². The van der Waals surface area contributed by atoms with Crippen molar-refractivity contribution in [2.45, 2.75) is 19.5 Å². The lowest BCUT2D eigenvalue weighted by Crippen LogP contribution is -2.45. The number of hydrogen-bond donors (Lipinski definition) is 2. The highest BCUT2D eigenvalue weighted by Crippen LogP contribution is 2.31. The number of rotatable bonds is 9. The van der Waals surface area contributed by atoms with Gasteiger partial charge in [0.2, 0.25) is 15.9 Å². The van der Waals surface area contributed by atoms with Crippen LogP contribution in [-0.2, 0) is 21.4 Å². The number of hydrogen-bond acceptors (Lipinski definition) is 6. The SMILES string of the molecule is COc1ccc(N([C@H](C)C(=O)Nc2ccccc2C(=O)NCc2ccco2)S(C)(=O)=O)cc1Cl. The fraction of sp³-hybridized carbons (Fsp3) is 0.217. The molecule has 0 aliphatic heterocycles. The summed E-state index contributed by atoms with van der Waals surface area (Å²) >= 11 is 6.16. The van der Waals surface area contributed by atoms with Gasteiger partial charge in [-0.3, -0.25) is 13.9 Å². The Morgan fingerprint density at radius 2 is 1.88 bits per heavy atom. The first-order chi connectivity index (χ1) is 16.1. The molecule has 0 unspecified atom stereocenters. The predicted octanol–water partition coefficient (Wildman–Crippen LogP) is 3.66. The third-order valence-electron chi connectivity index (χ3n) is 4.91. The molecule has 0 saturated heterocycles. The minimum absolute atomic E-state index is 0.171. The van der Waals surface area contributed by atoms with Crippen molar-refractivity contribution >= 4 is 44.8 Å². The van der Waals surface area contributed by atoms with Crippen LogP contribution >= 0.6 is 11.6 Å². The van der Waals surface area contributed by atoms with Crippen LogP contribution in [0, 0.1) is 0 Å². The molecule has 11 heteroatoms. The predicted molar refractivity (Wildman–Crippen MR) is 130 cm³/mol. The summed E-state index contributed by atoms with van der Waals surface area (Å²) in [5, 5.41) is 5.57. The fourth-order valence-electron chi connectivity index (χ4n) is 3.30. The molecule has 1 atom stereocenters. The summed E-state index contributed by atoms with van der Waals surface area (Å²) in [4.78, 5) is 25.8. The molecule has 34 heavy (non-hydrogen) atoms. The summed E-state index contributed by atoms with van der Waals surface area (Å²) < 4.78 is 36.4. The molecule has 0 aliphatic carbocycles. The molecule has 0 saturated carbocycles. The molecule has 9 nitrogen and oxygen atoms in total. The zero-order valence-corrected chi connectivity index (χ0v) is 20.3. The monoisotopic (exact) mass is 505 g/mol. The quantitative estimate of drug-likeness (QED) is 0.458. The van der Waals surface area contributed by atoms with E-state index in [1.807, 2.05) is 0 Å². The number of furan rings is 1. The van der Waals surface area contributed by atoms with E-state index in [4.69, 9.17) is 20.8 Å². The maximum Gasteiger partial charge on any atom is 0.253 e. The molecule has 0 radical (unpaired) electrons. The molecule has 0 aliphatic rings. The van der Waals surface area contributed by atoms with Gasteiger partial charge in [-0.25, -0.2) is 8.42 Å². The number of nitrogens with one attached hydrogen (secondary N) is 2. The average molecular weight is 506 g/mol. The van der Waals surface area contributed by atoms with Gasteiger partial charge in [0.05, 0.1) is 48.1 Å². The molecule has 2 N–H and O–H groups in total. The number of nitrogens with zero attached hydrogens (tertiary/aromatic N) is 1. The maximum absolute atomic E-state index is 13.1. The van der Waals surface area contributed by atoms with E-state index in [9.17, 15) is 18.0 Å². The zero-order valence-electron chi connectivity index (χ0n) is 18.7. The van der Waals surface area contributed by atoms with Crippen molar-refractivity contribution in [3.63, 3.8) is 0 Å². The lowest BCUT2D eigenvalue weighted by molar-refractivity contribution is -0.116. The van der Waals surface area contributed by atoms with Gasteiger partial charge < -0.3 is 19.8 Å². The number of sulfonamides is 1. The number of para-hydroxylation sites is 1. The van der Waals surface area contributed by atoms with Gasteiger partial charge in [-0.05, 0) is 49.4 Å². The fourth-order valence-corrected chi connectivity index (χ4v) is 4.72. The number of benzene rings is 2. The Balaban J connectivity index is 1.82. The lowest BCUT2D eigenvalue weighted by Gasteiger charge is -2.28. The Hall–Kier alpha value is -3.50. The topological polar surface area (TPSA) is 118 Å². The van der Waals surface area contributed by atoms with Crippen LogP contribution in [0.1, 0.15) is 23.0 Å². The van der Waals surface area contributed by atoms with Crippen molar-refractivity contribution in [1.82, 2.24) is 5.32 Å². The smallest absolute Gasteiger partial charge is 0.253 e. The minimum atomic E-state index is -3.87. The molecule has 0 fully saturated rings. The lowest BCUT2D eigenvalue weighted by atomic mass is 10.1. The summed E-state index contributed by atoms with van der Waals surface area (Å²) in [5.41, 5.74) is 0.644. The van der Waals surface area contributed by atoms with E-state index in [1.165, 1.54) is 38.5 Å². The number of carbonyl (C=O) groups is 2. The summed E-state index contributed by atoms with van der Waals surface area (Å²) in [7, 11) is -2.43. The van der Waals surface area contributed by atoms with Gasteiger partial charge in [0, 0.05) is 0 Å². The van der Waals surface area contributed by atoms with E-state index < -0.39 is 27.9 Å². The Kier molecular flexibility index (Phi) is 7.85. The van der Waals surface area contributed by atoms with Crippen LogP contribution in [0.2, 0.25) is 5.02 Å². The molecule has 2 aromatic carbocycles. The van der Waals surface area contributed by atoms with Gasteiger partial charge in [-0.1, -0.05) is 23.7 Å². The van der Waals surface area contributed by atoms with Crippen molar-refractivity contribution in [3.05, 3.63) is 77.2 Å². The van der Waals surface area contributed by atoms with Crippen molar-refractivity contribution in [3.8, 4) is 5.75 Å². The highest BCUT2D eigenvalue weighted by atomic mass is 35.5. The van der Waals surface area contributed by atoms with Crippen LogP contribution in [0.4, 0.5) is 11.4 Å². The highest BCUT2D eigenvalue weighted by Gasteiger charge is 2.30. The van der Waals surface area contributed by atoms with Crippen LogP contribution < -0.4 is 19.7 Å². The first-order valence-electron chi connectivity index (χ1n) is 10.1. The molecule has 1 heterocycles. The van der Waals surface area contributed by atoms with Crippen LogP contribution in [0.3, 0.4) is 0 Å². The first kappa shape index (κ1) is 25.1. The van der Waals surface area contributed by atoms with Gasteiger partial charge in [0.1, 0.15) is 17.6 Å². The normalized spacial score (nSPS) is 12.0. The van der Waals surface area contributed by atoms with Crippen LogP contribution in [0.25, 0.3) is 0 Å². The van der Waals surface area contributed by atoms with Gasteiger partial charge in [-0.2, -0.15) is 0 Å². The molecular weight excluding hydrogens is 482 g/mol. The molecule has 0 bridgehead atoms. The summed E-state index contributed by atoms with van der Waals surface area (Å²) in [6.07, 6.45) is 2.49. The Morgan fingerprint density at radius 3 is 2.50 bits per heavy atom. The molecule has 1 aromatic heterocycles. The molecule has 180 valence electrons. The molecule has 2 amide bonds. The van der Waals surface area contributed by atoms with Gasteiger partial charge in [-0.15, -0.1) is 0 Å². The van der Waals surface area contributed by atoms with E-state index in [1.54, 1.807) is 36.4 Å². The number of methoxy groups -OCH3 is 1. The van der Waals surface area contributed by atoms with E-state index >= 15 is 0 Å². The number of amides is 2. The van der Waals surface area contributed by atoms with Gasteiger partial charge >= 0.3 is 0 Å². The summed E-state index contributed by atoms with van der Waals surface area (Å²) in [6, 6.07) is 13.1. The van der Waals surface area contributed by atoms with Crippen molar-refractivity contribution in [2.24, 2.45) is 0 Å². The minimum Gasteiger partial charge on any atom is -0.495 e. The third-order valence-corrected chi connectivity index (χ3v) is 6.45. The van der Waals surface area contributed by atoms with Crippen molar-refractivity contribution < 1.29 is 27.2 Å². The molecule has 3 aromatic rings. The Labute approximate surface area is 202 Å². The molecule has 3 rings (SSSR count). The molecular formula is C23H24ClN3O6S. The number of halogens is 1. The zero-order chi connectivity index (χ0) is 24.9. The second-order valence-corrected chi connectivity index (χ2v) is 9.62. The largest absolute Gasteiger partial charge is 0.495 e. The number of carbonyl (C=O) groups excluding carboxylic acids is 2. The average Bonchev–Trinajstić information content (AvgIpc) is 3.31. The van der Waals surface area contributed by atoms with Gasteiger partial charge in [0.25, 0.3) is 5.91 Å². The number of anilines is 2. The van der Waals surface area contributed by atoms with E-state index in [2.05, 4.69) is 10.6 Å². The van der Waals surface area contributed by atoms with Crippen LogP contribution in [-0.4, -0.2) is 39.6 Å². The highest BCUT2D eigenvalue weighted by molar-refractivity contribution is 7.92. The second-order valence-electron chi connectivity index (χ2n) is 7.35. The Morgan fingerprint density at radius 1 is 1.15 bits per heavy atom. The summed E-state index contributed by atoms with van der Waals surface area (Å²) in [5.74, 6) is -0.124. The Bertz CT molecular complexity index is 1280. The maximum atomic E-state index is 13.1. The second kappa shape index (κ2) is 10.6. The molecule has 0 spiro atoms. The van der Waals surface area contributed by atoms with E-state index in [0.29, 0.717) is 11.5 Å². The van der Waals surface area contributed by atoms with Crippen LogP contribution in [0.5, 0.6) is 5.75 Å².